The minimum atomic E-state index is -1.57. The lowest BCUT2D eigenvalue weighted by Gasteiger charge is -2.03. The summed E-state index contributed by atoms with van der Waals surface area (Å²) in [5, 5.41) is 7.96. The van der Waals surface area contributed by atoms with E-state index in [0.717, 1.165) is 0 Å². The van der Waals surface area contributed by atoms with Crippen LogP contribution in [0.5, 0.6) is 0 Å². The highest BCUT2D eigenvalue weighted by molar-refractivity contribution is 5.70. The second-order valence-electron chi connectivity index (χ2n) is 1.52. The molecular weight excluding hydrogens is 168 g/mol. The van der Waals surface area contributed by atoms with Crippen LogP contribution in [0.3, 0.4) is 0 Å². The van der Waals surface area contributed by atoms with Crippen LogP contribution >= 0.6 is 0 Å². The fraction of sp³-hybridized carbons (Fsp3) is 0.750. The molecule has 0 saturated heterocycles. The van der Waals surface area contributed by atoms with Gasteiger partial charge in [0.05, 0.1) is 0 Å². The highest BCUT2D eigenvalue weighted by Gasteiger charge is 2.15. The van der Waals surface area contributed by atoms with Crippen molar-refractivity contribution in [2.75, 3.05) is 13.1 Å². The van der Waals surface area contributed by atoms with Crippen molar-refractivity contribution in [1.82, 2.24) is 0 Å². The summed E-state index contributed by atoms with van der Waals surface area (Å²) in [7, 11) is 0. The highest BCUT2D eigenvalue weighted by atomic mass is 16.8. The van der Waals surface area contributed by atoms with Gasteiger partial charge in [-0.3, -0.25) is 9.68 Å². The van der Waals surface area contributed by atoms with Crippen LogP contribution in [0.4, 0.5) is 0 Å². The number of rotatable bonds is 4. The van der Waals surface area contributed by atoms with Gasteiger partial charge in [0.2, 0.25) is 0 Å². The first kappa shape index (κ1) is 13.8. The van der Waals surface area contributed by atoms with Crippen LogP contribution in [-0.4, -0.2) is 30.5 Å². The Hall–Kier alpha value is -0.770. The molecule has 12 heavy (non-hydrogen) atoms. The molecule has 9 N–H and O–H groups in total. The van der Waals surface area contributed by atoms with Gasteiger partial charge < -0.3 is 16.6 Å². The molecule has 74 valence electrons. The summed E-state index contributed by atoms with van der Waals surface area (Å²) in [6.07, 6.45) is -1.57. The summed E-state index contributed by atoms with van der Waals surface area (Å²) in [6.45, 7) is 1.19. The number of aliphatic carboxylic acids is 1. The van der Waals surface area contributed by atoms with Crippen LogP contribution in [0.1, 0.15) is 0 Å². The van der Waals surface area contributed by atoms with Crippen LogP contribution in [0.15, 0.2) is 0 Å². The first-order valence-corrected chi connectivity index (χ1v) is 2.98. The number of carboxylic acids is 1. The van der Waals surface area contributed by atoms with Gasteiger partial charge in [0.25, 0.3) is 6.29 Å². The molecule has 0 bridgehead atoms. The molecule has 0 aromatic heterocycles. The van der Waals surface area contributed by atoms with E-state index >= 15 is 0 Å². The molecule has 0 fully saturated rings. The van der Waals surface area contributed by atoms with Gasteiger partial charge >= 0.3 is 5.97 Å². The molecule has 0 aromatic rings. The van der Waals surface area contributed by atoms with Gasteiger partial charge in [-0.25, -0.2) is 16.6 Å². The lowest BCUT2D eigenvalue weighted by molar-refractivity contribution is -0.191. The molecule has 0 rings (SSSR count). The summed E-state index contributed by atoms with van der Waals surface area (Å²) in [5.74, 6) is 7.43. The third kappa shape index (κ3) is 9.23. The Kier molecular flexibility index (Phi) is 11.8. The number of hydrogen-bond acceptors (Lipinski definition) is 7. The van der Waals surface area contributed by atoms with Crippen LogP contribution < -0.4 is 23.3 Å². The molecule has 0 radical (unpaired) electrons. The zero-order valence-corrected chi connectivity index (χ0v) is 6.47. The van der Waals surface area contributed by atoms with Crippen molar-refractivity contribution in [3.8, 4) is 0 Å². The first-order chi connectivity index (χ1) is 5.63. The zero-order chi connectivity index (χ0) is 9.98. The van der Waals surface area contributed by atoms with Crippen LogP contribution in [0.2, 0.25) is 0 Å². The first-order valence-electron chi connectivity index (χ1n) is 2.98. The Morgan fingerprint density at radius 2 is 1.58 bits per heavy atom. The Morgan fingerprint density at radius 3 is 1.58 bits per heavy atom. The molecular formula is C4H14N4O4. The lowest BCUT2D eigenvalue weighted by Crippen LogP contribution is -2.32. The highest BCUT2D eigenvalue weighted by Crippen LogP contribution is 1.83. The van der Waals surface area contributed by atoms with Crippen molar-refractivity contribution in [2.24, 2.45) is 23.3 Å². The molecule has 0 saturated carbocycles. The van der Waals surface area contributed by atoms with Gasteiger partial charge in [0, 0.05) is 13.1 Å². The van der Waals surface area contributed by atoms with Crippen molar-refractivity contribution >= 4 is 5.97 Å². The fourth-order valence-corrected chi connectivity index (χ4v) is 0.148. The summed E-state index contributed by atoms with van der Waals surface area (Å²) < 4.78 is 0. The van der Waals surface area contributed by atoms with E-state index < -0.39 is 12.3 Å². The van der Waals surface area contributed by atoms with Crippen LogP contribution in [-0.2, 0) is 14.5 Å². The topological polar surface area (TPSA) is 160 Å². The standard InChI is InChI=1S/C2H6N2O4.C2H8N2/c3-7-2(8-4)1(5)6;3-1-2-4/h2H,3-4H2,(H,5,6);1-4H2. The fourth-order valence-electron chi connectivity index (χ4n) is 0.148. The van der Waals surface area contributed by atoms with Crippen molar-refractivity contribution in [1.29, 1.82) is 0 Å². The van der Waals surface area contributed by atoms with Gasteiger partial charge in [-0.1, -0.05) is 0 Å². The van der Waals surface area contributed by atoms with E-state index in [1.165, 1.54) is 0 Å². The maximum Gasteiger partial charge on any atom is 0.364 e. The normalized spacial score (nSPS) is 9.08. The van der Waals surface area contributed by atoms with E-state index in [9.17, 15) is 4.79 Å². The third-order valence-electron chi connectivity index (χ3n) is 0.615. The maximum absolute atomic E-state index is 9.75. The zero-order valence-electron chi connectivity index (χ0n) is 6.47. The molecule has 0 aliphatic carbocycles. The number of carboxylic acid groups (broad SMARTS) is 1. The van der Waals surface area contributed by atoms with Crippen LogP contribution in [0.25, 0.3) is 0 Å². The second-order valence-corrected chi connectivity index (χ2v) is 1.52. The molecule has 0 atom stereocenters. The van der Waals surface area contributed by atoms with E-state index in [4.69, 9.17) is 16.6 Å². The van der Waals surface area contributed by atoms with Gasteiger partial charge in [-0.05, 0) is 0 Å². The van der Waals surface area contributed by atoms with Gasteiger partial charge in [-0.2, -0.15) is 0 Å². The van der Waals surface area contributed by atoms with Crippen molar-refractivity contribution in [2.45, 2.75) is 6.29 Å². The number of nitrogens with two attached hydrogens (primary N) is 4. The van der Waals surface area contributed by atoms with E-state index in [2.05, 4.69) is 21.5 Å². The molecule has 0 amide bonds. The predicted molar refractivity (Wildman–Crippen MR) is 40.1 cm³/mol. The van der Waals surface area contributed by atoms with E-state index in [0.29, 0.717) is 13.1 Å². The largest absolute Gasteiger partial charge is 0.477 e. The Morgan fingerprint density at radius 1 is 1.25 bits per heavy atom. The minimum Gasteiger partial charge on any atom is -0.477 e. The van der Waals surface area contributed by atoms with Crippen LogP contribution in [0, 0.1) is 0 Å². The number of hydrogen-bond donors (Lipinski definition) is 5. The van der Waals surface area contributed by atoms with Gasteiger partial charge in [-0.15, -0.1) is 0 Å². The molecule has 0 aliphatic heterocycles. The average molecular weight is 182 g/mol. The minimum absolute atomic E-state index is 0.597. The molecule has 0 spiro atoms. The summed E-state index contributed by atoms with van der Waals surface area (Å²) in [4.78, 5) is 17.2. The van der Waals surface area contributed by atoms with Gasteiger partial charge in [0.15, 0.2) is 0 Å². The monoisotopic (exact) mass is 182 g/mol. The summed E-state index contributed by atoms with van der Waals surface area (Å²) in [6, 6.07) is 0. The maximum atomic E-state index is 9.75. The molecule has 0 aromatic carbocycles. The van der Waals surface area contributed by atoms with E-state index in [1.807, 2.05) is 0 Å². The molecule has 8 heteroatoms. The molecule has 0 unspecified atom stereocenters. The molecule has 0 aliphatic rings. The Labute approximate surface area is 69.3 Å². The average Bonchev–Trinajstić information content (AvgIpc) is 2.07. The van der Waals surface area contributed by atoms with E-state index in [-0.39, 0.29) is 0 Å². The van der Waals surface area contributed by atoms with Gasteiger partial charge in [0.1, 0.15) is 0 Å². The Bertz CT molecular complexity index is 105. The van der Waals surface area contributed by atoms with Crippen molar-refractivity contribution in [3.05, 3.63) is 0 Å². The summed E-state index contributed by atoms with van der Waals surface area (Å²) in [5.41, 5.74) is 9.81. The lowest BCUT2D eigenvalue weighted by atomic mass is 10.7. The molecule has 0 heterocycles. The second kappa shape index (κ2) is 10.2. The Balaban J connectivity index is 0. The van der Waals surface area contributed by atoms with E-state index in [1.54, 1.807) is 0 Å². The SMILES string of the molecule is NCCN.NOC(ON)C(=O)O. The van der Waals surface area contributed by atoms with Crippen molar-refractivity contribution < 1.29 is 19.6 Å². The number of carbonyl (C=O) groups is 1. The molecule has 8 nitrogen and oxygen atoms in total. The predicted octanol–water partition coefficient (Wildman–Crippen LogP) is -2.92. The van der Waals surface area contributed by atoms with Crippen molar-refractivity contribution in [3.63, 3.8) is 0 Å². The smallest absolute Gasteiger partial charge is 0.364 e. The third-order valence-corrected chi connectivity index (χ3v) is 0.615. The summed E-state index contributed by atoms with van der Waals surface area (Å²) >= 11 is 0. The quantitative estimate of drug-likeness (QED) is 0.228.